The SMILES string of the molecule is Clc1nc2c(-c3ccccc3C3=CCCCC3)cnn2c(Cl)c1-c1ccc2ncccc2c1. The molecule has 6 rings (SSSR count). The van der Waals surface area contributed by atoms with Crippen LogP contribution in [-0.4, -0.2) is 19.6 Å². The van der Waals surface area contributed by atoms with E-state index in [1.54, 1.807) is 10.7 Å². The van der Waals surface area contributed by atoms with E-state index < -0.39 is 0 Å². The van der Waals surface area contributed by atoms with Crippen molar-refractivity contribution in [2.45, 2.75) is 25.7 Å². The van der Waals surface area contributed by atoms with Crippen LogP contribution in [0.25, 0.3) is 44.4 Å². The molecule has 3 heterocycles. The van der Waals surface area contributed by atoms with Crippen LogP contribution in [0.5, 0.6) is 0 Å². The van der Waals surface area contributed by atoms with E-state index in [0.717, 1.165) is 40.4 Å². The van der Waals surface area contributed by atoms with E-state index in [9.17, 15) is 0 Å². The molecule has 0 bridgehead atoms. The van der Waals surface area contributed by atoms with Crippen molar-refractivity contribution in [2.24, 2.45) is 0 Å². The van der Waals surface area contributed by atoms with Gasteiger partial charge in [0.05, 0.1) is 17.3 Å². The maximum atomic E-state index is 6.87. The molecule has 33 heavy (non-hydrogen) atoms. The Hall–Kier alpha value is -3.21. The molecule has 2 aromatic carbocycles. The third-order valence-electron chi connectivity index (χ3n) is 6.29. The van der Waals surface area contributed by atoms with Crippen molar-refractivity contribution in [1.82, 2.24) is 19.6 Å². The van der Waals surface area contributed by atoms with Gasteiger partial charge in [-0.25, -0.2) is 9.50 Å². The monoisotopic (exact) mass is 470 g/mol. The van der Waals surface area contributed by atoms with Crippen LogP contribution in [0.4, 0.5) is 0 Å². The minimum Gasteiger partial charge on any atom is -0.256 e. The molecule has 0 atom stereocenters. The Balaban J connectivity index is 1.52. The Kier molecular flexibility index (Phi) is 5.12. The first kappa shape index (κ1) is 20.4. The fourth-order valence-corrected chi connectivity index (χ4v) is 5.32. The summed E-state index contributed by atoms with van der Waals surface area (Å²) in [5, 5.41) is 6.41. The largest absolute Gasteiger partial charge is 0.256 e. The number of benzene rings is 2. The van der Waals surface area contributed by atoms with Crippen molar-refractivity contribution >= 4 is 45.3 Å². The van der Waals surface area contributed by atoms with Crippen molar-refractivity contribution in [2.75, 3.05) is 0 Å². The molecule has 5 aromatic rings. The van der Waals surface area contributed by atoms with Gasteiger partial charge in [0.15, 0.2) is 5.65 Å². The summed E-state index contributed by atoms with van der Waals surface area (Å²) in [6.07, 6.45) is 10.7. The molecule has 0 saturated carbocycles. The van der Waals surface area contributed by atoms with Gasteiger partial charge in [0.2, 0.25) is 0 Å². The molecule has 0 aliphatic heterocycles. The Labute approximate surface area is 201 Å². The molecule has 0 fully saturated rings. The van der Waals surface area contributed by atoms with Gasteiger partial charge in [0, 0.05) is 17.1 Å². The van der Waals surface area contributed by atoms with Gasteiger partial charge in [-0.2, -0.15) is 5.10 Å². The number of hydrogen-bond acceptors (Lipinski definition) is 3. The zero-order chi connectivity index (χ0) is 22.4. The molecule has 162 valence electrons. The molecule has 1 aliphatic carbocycles. The Morgan fingerprint density at radius 3 is 2.61 bits per heavy atom. The molecule has 1 aliphatic rings. The first-order chi connectivity index (χ1) is 16.2. The summed E-state index contributed by atoms with van der Waals surface area (Å²) in [7, 11) is 0. The van der Waals surface area contributed by atoms with E-state index in [2.05, 4.69) is 34.4 Å². The van der Waals surface area contributed by atoms with Crippen LogP contribution < -0.4 is 0 Å². The standard InChI is InChI=1S/C27H20Cl2N4/c28-25-24(19-12-13-23-18(15-19)9-6-14-30-23)26(29)33-27(32-25)22(16-31-33)21-11-5-4-10-20(21)17-7-2-1-3-8-17/h4-7,9-16H,1-3,8H2. The predicted octanol–water partition coefficient (Wildman–Crippen LogP) is 7.88. The lowest BCUT2D eigenvalue weighted by molar-refractivity contribution is 0.742. The lowest BCUT2D eigenvalue weighted by Gasteiger charge is -2.16. The van der Waals surface area contributed by atoms with Crippen LogP contribution in [-0.2, 0) is 0 Å². The first-order valence-corrected chi connectivity index (χ1v) is 11.8. The van der Waals surface area contributed by atoms with Gasteiger partial charge in [-0.3, -0.25) is 4.98 Å². The fraction of sp³-hybridized carbons (Fsp3) is 0.148. The Bertz CT molecular complexity index is 1550. The number of allylic oxidation sites excluding steroid dienone is 2. The summed E-state index contributed by atoms with van der Waals surface area (Å²) in [5.41, 5.74) is 7.75. The number of nitrogens with zero attached hydrogens (tertiary/aromatic N) is 4. The summed E-state index contributed by atoms with van der Waals surface area (Å²) >= 11 is 13.6. The highest BCUT2D eigenvalue weighted by Crippen LogP contribution is 2.39. The Morgan fingerprint density at radius 1 is 0.879 bits per heavy atom. The second kappa shape index (κ2) is 8.29. The molecule has 4 nitrogen and oxygen atoms in total. The highest BCUT2D eigenvalue weighted by Gasteiger charge is 2.21. The summed E-state index contributed by atoms with van der Waals surface area (Å²) in [6, 6.07) is 18.3. The smallest absolute Gasteiger partial charge is 0.166 e. The van der Waals surface area contributed by atoms with Crippen LogP contribution >= 0.6 is 23.2 Å². The van der Waals surface area contributed by atoms with E-state index in [1.807, 2.05) is 42.6 Å². The number of rotatable bonds is 3. The molecule has 3 aromatic heterocycles. The molecule has 6 heteroatoms. The molecular formula is C27H20Cl2N4. The van der Waals surface area contributed by atoms with Crippen LogP contribution in [0.1, 0.15) is 31.2 Å². The summed E-state index contributed by atoms with van der Waals surface area (Å²) < 4.78 is 1.68. The quantitative estimate of drug-likeness (QED) is 0.252. The van der Waals surface area contributed by atoms with Gasteiger partial charge in [-0.15, -0.1) is 0 Å². The second-order valence-electron chi connectivity index (χ2n) is 8.29. The average Bonchev–Trinajstić information content (AvgIpc) is 3.28. The van der Waals surface area contributed by atoms with Gasteiger partial charge in [-0.1, -0.05) is 65.7 Å². The molecular weight excluding hydrogens is 451 g/mol. The van der Waals surface area contributed by atoms with Gasteiger partial charge < -0.3 is 0 Å². The van der Waals surface area contributed by atoms with Crippen LogP contribution in [0.15, 0.2) is 73.1 Å². The van der Waals surface area contributed by atoms with Gasteiger partial charge in [0.25, 0.3) is 0 Å². The predicted molar refractivity (Wildman–Crippen MR) is 136 cm³/mol. The number of pyridine rings is 1. The third-order valence-corrected chi connectivity index (χ3v) is 6.91. The van der Waals surface area contributed by atoms with Crippen molar-refractivity contribution in [1.29, 1.82) is 0 Å². The van der Waals surface area contributed by atoms with E-state index in [0.29, 0.717) is 21.5 Å². The van der Waals surface area contributed by atoms with Crippen LogP contribution in [0.3, 0.4) is 0 Å². The van der Waals surface area contributed by atoms with Crippen LogP contribution in [0, 0.1) is 0 Å². The van der Waals surface area contributed by atoms with E-state index in [-0.39, 0.29) is 0 Å². The molecule has 0 unspecified atom stereocenters. The van der Waals surface area contributed by atoms with E-state index >= 15 is 0 Å². The maximum absolute atomic E-state index is 6.87. The van der Waals surface area contributed by atoms with E-state index in [4.69, 9.17) is 28.2 Å². The topological polar surface area (TPSA) is 43.1 Å². The average molecular weight is 471 g/mol. The highest BCUT2D eigenvalue weighted by atomic mass is 35.5. The van der Waals surface area contributed by atoms with E-state index in [1.165, 1.54) is 24.0 Å². The fourth-order valence-electron chi connectivity index (χ4n) is 4.67. The van der Waals surface area contributed by atoms with Gasteiger partial charge in [0.1, 0.15) is 10.3 Å². The first-order valence-electron chi connectivity index (χ1n) is 11.1. The maximum Gasteiger partial charge on any atom is 0.166 e. The summed E-state index contributed by atoms with van der Waals surface area (Å²) in [4.78, 5) is 9.15. The number of fused-ring (bicyclic) bond motifs is 2. The van der Waals surface area contributed by atoms with Gasteiger partial charge >= 0.3 is 0 Å². The molecule has 0 N–H and O–H groups in total. The zero-order valence-corrected chi connectivity index (χ0v) is 19.3. The number of halogens is 2. The summed E-state index contributed by atoms with van der Waals surface area (Å²) in [5.74, 6) is 0. The minimum atomic E-state index is 0.354. The Morgan fingerprint density at radius 2 is 1.76 bits per heavy atom. The second-order valence-corrected chi connectivity index (χ2v) is 9.01. The van der Waals surface area contributed by atoms with Crippen molar-refractivity contribution in [3.8, 4) is 22.3 Å². The molecule has 0 radical (unpaired) electrons. The normalized spacial score (nSPS) is 14.1. The van der Waals surface area contributed by atoms with Crippen molar-refractivity contribution in [3.63, 3.8) is 0 Å². The molecule has 0 saturated heterocycles. The highest BCUT2D eigenvalue weighted by molar-refractivity contribution is 6.38. The lowest BCUT2D eigenvalue weighted by Crippen LogP contribution is -1.98. The lowest BCUT2D eigenvalue weighted by atomic mass is 9.89. The van der Waals surface area contributed by atoms with Crippen molar-refractivity contribution < 1.29 is 0 Å². The van der Waals surface area contributed by atoms with Gasteiger partial charge in [-0.05, 0) is 66.1 Å². The zero-order valence-electron chi connectivity index (χ0n) is 17.8. The minimum absolute atomic E-state index is 0.354. The molecule has 0 amide bonds. The third kappa shape index (κ3) is 3.50. The number of aromatic nitrogens is 4. The summed E-state index contributed by atoms with van der Waals surface area (Å²) in [6.45, 7) is 0. The molecule has 0 spiro atoms. The number of hydrogen-bond donors (Lipinski definition) is 0. The van der Waals surface area contributed by atoms with Crippen LogP contribution in [0.2, 0.25) is 10.3 Å². The van der Waals surface area contributed by atoms with Crippen molar-refractivity contribution in [3.05, 3.63) is 88.9 Å².